The minimum Gasteiger partial charge on any atom is -0.359 e. The van der Waals surface area contributed by atoms with E-state index >= 15 is 0 Å². The number of Topliss-reactive ketones (excluding diaryl/α,β-unsaturated/α-hetero) is 1. The molecule has 0 unspecified atom stereocenters. The van der Waals surface area contributed by atoms with Gasteiger partial charge in [-0.3, -0.25) is 15.0 Å². The molecule has 2 bridgehead atoms. The second-order valence-electron chi connectivity index (χ2n) is 7.50. The van der Waals surface area contributed by atoms with Gasteiger partial charge in [0, 0.05) is 18.3 Å². The topological polar surface area (TPSA) is 78.4 Å². The minimum absolute atomic E-state index is 0.135. The van der Waals surface area contributed by atoms with Crippen molar-refractivity contribution in [2.24, 2.45) is 0 Å². The van der Waals surface area contributed by atoms with Crippen LogP contribution in [0.1, 0.15) is 5.56 Å². The highest BCUT2D eigenvalue weighted by molar-refractivity contribution is 6.12. The number of alkyl halides is 3. The van der Waals surface area contributed by atoms with Gasteiger partial charge in [-0.05, 0) is 36.4 Å². The van der Waals surface area contributed by atoms with Crippen molar-refractivity contribution in [2.75, 3.05) is 28.2 Å². The lowest BCUT2D eigenvalue weighted by molar-refractivity contribution is -0.137. The third-order valence-corrected chi connectivity index (χ3v) is 5.45. The zero-order chi connectivity index (χ0) is 22.5. The second-order valence-corrected chi connectivity index (χ2v) is 7.50. The van der Waals surface area contributed by atoms with Gasteiger partial charge in [0.05, 0.1) is 23.5 Å². The van der Waals surface area contributed by atoms with Crippen molar-refractivity contribution in [1.29, 1.82) is 0 Å². The Morgan fingerprint density at radius 1 is 1.09 bits per heavy atom. The van der Waals surface area contributed by atoms with E-state index in [9.17, 15) is 22.8 Å². The molecule has 162 valence electrons. The van der Waals surface area contributed by atoms with Gasteiger partial charge in [0.1, 0.15) is 11.9 Å². The first-order chi connectivity index (χ1) is 15.3. The van der Waals surface area contributed by atoms with E-state index in [0.717, 1.165) is 12.1 Å². The largest absolute Gasteiger partial charge is 0.416 e. The summed E-state index contributed by atoms with van der Waals surface area (Å²) in [5, 5.41) is 2.66. The number of hydrogen-bond acceptors (Lipinski definition) is 5. The Hall–Kier alpha value is -3.95. The van der Waals surface area contributed by atoms with Crippen LogP contribution >= 0.6 is 0 Å². The summed E-state index contributed by atoms with van der Waals surface area (Å²) in [4.78, 5) is 37.3. The molecule has 0 aliphatic carbocycles. The number of aromatic nitrogens is 2. The SMILES string of the molecule is O=C1CN2C[C@H]1N(C(=O)Nc1ccccn1)c1nc(-c3cccc(C(F)(F)F)c3)ccc12. The lowest BCUT2D eigenvalue weighted by Crippen LogP contribution is -2.50. The van der Waals surface area contributed by atoms with Gasteiger partial charge in [-0.1, -0.05) is 18.2 Å². The summed E-state index contributed by atoms with van der Waals surface area (Å²) in [5.74, 6) is 0.385. The molecule has 3 aromatic rings. The van der Waals surface area contributed by atoms with Crippen molar-refractivity contribution in [3.8, 4) is 11.3 Å². The van der Waals surface area contributed by atoms with Gasteiger partial charge in [-0.25, -0.2) is 14.8 Å². The molecule has 10 heteroatoms. The van der Waals surface area contributed by atoms with Crippen LogP contribution in [0.25, 0.3) is 11.3 Å². The Morgan fingerprint density at radius 3 is 2.69 bits per heavy atom. The predicted molar refractivity (Wildman–Crippen MR) is 111 cm³/mol. The highest BCUT2D eigenvalue weighted by atomic mass is 19.4. The normalized spacial score (nSPS) is 17.3. The lowest BCUT2D eigenvalue weighted by atomic mass is 10.1. The van der Waals surface area contributed by atoms with E-state index in [1.165, 1.54) is 23.2 Å². The first-order valence-corrected chi connectivity index (χ1v) is 9.79. The number of carbonyl (C=O) groups excluding carboxylic acids is 2. The van der Waals surface area contributed by atoms with Gasteiger partial charge < -0.3 is 4.90 Å². The number of nitrogens with zero attached hydrogens (tertiary/aromatic N) is 4. The number of carbonyl (C=O) groups is 2. The number of urea groups is 1. The fourth-order valence-electron chi connectivity index (χ4n) is 3.95. The van der Waals surface area contributed by atoms with E-state index in [-0.39, 0.29) is 29.4 Å². The standard InChI is InChI=1S/C22H16F3N5O2/c23-22(24,25)14-5-3-4-13(10-14)15-7-8-16-20(27-15)30(17-11-29(16)12-18(17)31)21(32)28-19-6-1-2-9-26-19/h1-10,17H,11-12H2,(H,26,28,32)/t17-/m1/s1. The molecule has 5 rings (SSSR count). The van der Waals surface area contributed by atoms with Crippen molar-refractivity contribution in [1.82, 2.24) is 9.97 Å². The molecule has 0 spiro atoms. The number of rotatable bonds is 2. The van der Waals surface area contributed by atoms with E-state index in [4.69, 9.17) is 0 Å². The maximum absolute atomic E-state index is 13.2. The number of hydrogen-bond donors (Lipinski definition) is 1. The summed E-state index contributed by atoms with van der Waals surface area (Å²) >= 11 is 0. The Kier molecular flexibility index (Phi) is 4.58. The molecule has 2 aromatic heterocycles. The van der Waals surface area contributed by atoms with Gasteiger partial charge >= 0.3 is 12.2 Å². The van der Waals surface area contributed by atoms with Crippen molar-refractivity contribution < 1.29 is 22.8 Å². The molecule has 4 heterocycles. The van der Waals surface area contributed by atoms with Crippen LogP contribution in [-0.2, 0) is 11.0 Å². The summed E-state index contributed by atoms with van der Waals surface area (Å²) in [6.07, 6.45) is -2.97. The highest BCUT2D eigenvalue weighted by Crippen LogP contribution is 2.40. The molecule has 1 aromatic carbocycles. The monoisotopic (exact) mass is 439 g/mol. The van der Waals surface area contributed by atoms with E-state index in [1.807, 2.05) is 4.90 Å². The number of anilines is 3. The smallest absolute Gasteiger partial charge is 0.359 e. The zero-order valence-electron chi connectivity index (χ0n) is 16.5. The molecule has 2 amide bonds. The number of pyridine rings is 2. The van der Waals surface area contributed by atoms with Crippen LogP contribution in [-0.4, -0.2) is 40.9 Å². The van der Waals surface area contributed by atoms with Crippen molar-refractivity contribution in [2.45, 2.75) is 12.2 Å². The third kappa shape index (κ3) is 3.43. The van der Waals surface area contributed by atoms with Gasteiger partial charge in [0.25, 0.3) is 0 Å². The average Bonchev–Trinajstić information content (AvgIpc) is 3.10. The first kappa shape index (κ1) is 20.0. The molecule has 1 atom stereocenters. The van der Waals surface area contributed by atoms with E-state index in [1.54, 1.807) is 30.3 Å². The minimum atomic E-state index is -4.49. The Labute approximate surface area is 180 Å². The number of ketones is 1. The molecule has 1 saturated heterocycles. The van der Waals surface area contributed by atoms with Crippen molar-refractivity contribution in [3.63, 3.8) is 0 Å². The van der Waals surface area contributed by atoms with E-state index in [0.29, 0.717) is 18.1 Å². The Bertz CT molecular complexity index is 1220. The highest BCUT2D eigenvalue weighted by Gasteiger charge is 2.45. The van der Waals surface area contributed by atoms with Gasteiger partial charge in [0.15, 0.2) is 11.6 Å². The molecule has 0 radical (unpaired) electrons. The first-order valence-electron chi connectivity index (χ1n) is 9.79. The van der Waals surface area contributed by atoms with Crippen LogP contribution in [0.5, 0.6) is 0 Å². The molecule has 32 heavy (non-hydrogen) atoms. The predicted octanol–water partition coefficient (Wildman–Crippen LogP) is 3.97. The maximum atomic E-state index is 13.2. The second kappa shape index (κ2) is 7.33. The Balaban J connectivity index is 1.56. The third-order valence-electron chi connectivity index (χ3n) is 5.45. The molecule has 7 nitrogen and oxygen atoms in total. The number of amides is 2. The summed E-state index contributed by atoms with van der Waals surface area (Å²) in [5.41, 5.74) is 0.296. The Morgan fingerprint density at radius 2 is 1.94 bits per heavy atom. The molecule has 1 fully saturated rings. The van der Waals surface area contributed by atoms with Crippen LogP contribution in [0.4, 0.5) is 35.3 Å². The summed E-state index contributed by atoms with van der Waals surface area (Å²) in [6, 6.07) is 11.8. The van der Waals surface area contributed by atoms with E-state index < -0.39 is 23.8 Å². The molecule has 1 N–H and O–H groups in total. The van der Waals surface area contributed by atoms with Gasteiger partial charge in [-0.2, -0.15) is 13.2 Å². The number of fused-ring (bicyclic) bond motifs is 4. The van der Waals surface area contributed by atoms with Crippen LogP contribution < -0.4 is 15.1 Å². The molecule has 2 aliphatic rings. The van der Waals surface area contributed by atoms with Crippen molar-refractivity contribution in [3.05, 3.63) is 66.4 Å². The van der Waals surface area contributed by atoms with E-state index in [2.05, 4.69) is 15.3 Å². The average molecular weight is 439 g/mol. The zero-order valence-corrected chi connectivity index (χ0v) is 16.5. The van der Waals surface area contributed by atoms with Crippen LogP contribution in [0, 0.1) is 0 Å². The quantitative estimate of drug-likeness (QED) is 0.654. The van der Waals surface area contributed by atoms with Crippen molar-refractivity contribution >= 4 is 29.1 Å². The number of benzene rings is 1. The lowest BCUT2D eigenvalue weighted by Gasteiger charge is -2.34. The van der Waals surface area contributed by atoms with Crippen LogP contribution in [0.3, 0.4) is 0 Å². The molecular formula is C22H16F3N5O2. The maximum Gasteiger partial charge on any atom is 0.416 e. The molecule has 0 saturated carbocycles. The molecular weight excluding hydrogens is 423 g/mol. The van der Waals surface area contributed by atoms with Gasteiger partial charge in [0.2, 0.25) is 0 Å². The summed E-state index contributed by atoms with van der Waals surface area (Å²) in [6.45, 7) is 0.460. The van der Waals surface area contributed by atoms with Crippen LogP contribution in [0.2, 0.25) is 0 Å². The molecule has 2 aliphatic heterocycles. The van der Waals surface area contributed by atoms with Gasteiger partial charge in [-0.15, -0.1) is 0 Å². The van der Waals surface area contributed by atoms with Crippen LogP contribution in [0.15, 0.2) is 60.8 Å². The fourth-order valence-corrected chi connectivity index (χ4v) is 3.95. The number of nitrogens with one attached hydrogen (secondary N) is 1. The summed E-state index contributed by atoms with van der Waals surface area (Å²) in [7, 11) is 0. The fraction of sp³-hybridized carbons (Fsp3) is 0.182. The number of halogens is 3. The summed E-state index contributed by atoms with van der Waals surface area (Å²) < 4.78 is 39.5.